The second-order valence-electron chi connectivity index (χ2n) is 2.89. The summed E-state index contributed by atoms with van der Waals surface area (Å²) >= 11 is 4.86. The molecule has 1 aliphatic rings. The monoisotopic (exact) mass is 207 g/mol. The molecule has 1 atom stereocenters. The lowest BCUT2D eigenvalue weighted by Crippen LogP contribution is -2.38. The van der Waals surface area contributed by atoms with Crippen LogP contribution in [-0.2, 0) is 0 Å². The van der Waals surface area contributed by atoms with Crippen LogP contribution in [0.25, 0.3) is 0 Å². The third-order valence-corrected chi connectivity index (χ3v) is 2.28. The summed E-state index contributed by atoms with van der Waals surface area (Å²) < 4.78 is 0. The van der Waals surface area contributed by atoms with Crippen molar-refractivity contribution in [2.75, 3.05) is 7.05 Å². The first-order valence-corrected chi connectivity index (χ1v) is 4.58. The SMILES string of the molecule is CN1C(c2ccnnc2)=NNC1C=S. The first-order chi connectivity index (χ1) is 6.83. The number of nitrogens with zero attached hydrogens (tertiary/aromatic N) is 4. The van der Waals surface area contributed by atoms with E-state index in [1.165, 1.54) is 0 Å². The molecule has 6 heteroatoms. The summed E-state index contributed by atoms with van der Waals surface area (Å²) in [6.07, 6.45) is 3.28. The molecule has 1 unspecified atom stereocenters. The molecule has 0 aliphatic carbocycles. The highest BCUT2D eigenvalue weighted by atomic mass is 32.1. The van der Waals surface area contributed by atoms with Crippen molar-refractivity contribution in [3.63, 3.8) is 0 Å². The van der Waals surface area contributed by atoms with Crippen LogP contribution in [0.1, 0.15) is 5.56 Å². The van der Waals surface area contributed by atoms with Gasteiger partial charge in [-0.05, 0) is 6.07 Å². The Balaban J connectivity index is 2.26. The Morgan fingerprint density at radius 3 is 3.00 bits per heavy atom. The van der Waals surface area contributed by atoms with Crippen molar-refractivity contribution in [3.05, 3.63) is 24.0 Å². The van der Waals surface area contributed by atoms with E-state index >= 15 is 0 Å². The van der Waals surface area contributed by atoms with Gasteiger partial charge in [0.1, 0.15) is 6.17 Å². The lowest BCUT2D eigenvalue weighted by molar-refractivity contribution is 0.446. The van der Waals surface area contributed by atoms with Crippen molar-refractivity contribution < 1.29 is 0 Å². The summed E-state index contributed by atoms with van der Waals surface area (Å²) in [5.41, 5.74) is 3.84. The quantitative estimate of drug-likeness (QED) is 0.692. The van der Waals surface area contributed by atoms with Crippen LogP contribution in [0, 0.1) is 0 Å². The third-order valence-electron chi connectivity index (χ3n) is 2.03. The second kappa shape index (κ2) is 3.67. The molecule has 0 radical (unpaired) electrons. The minimum atomic E-state index is -0.0202. The second-order valence-corrected chi connectivity index (χ2v) is 3.16. The maximum absolute atomic E-state index is 4.86. The van der Waals surface area contributed by atoms with Gasteiger partial charge in [-0.3, -0.25) is 5.43 Å². The smallest absolute Gasteiger partial charge is 0.159 e. The highest BCUT2D eigenvalue weighted by Crippen LogP contribution is 2.08. The van der Waals surface area contributed by atoms with Crippen molar-refractivity contribution in [3.8, 4) is 0 Å². The van der Waals surface area contributed by atoms with E-state index in [4.69, 9.17) is 12.2 Å². The van der Waals surface area contributed by atoms with Crippen molar-refractivity contribution in [1.29, 1.82) is 0 Å². The average molecular weight is 207 g/mol. The Labute approximate surface area is 86.8 Å². The van der Waals surface area contributed by atoms with E-state index in [-0.39, 0.29) is 6.17 Å². The van der Waals surface area contributed by atoms with E-state index in [9.17, 15) is 0 Å². The molecule has 0 bridgehead atoms. The highest BCUT2D eigenvalue weighted by Gasteiger charge is 2.22. The van der Waals surface area contributed by atoms with E-state index in [1.54, 1.807) is 17.8 Å². The molecule has 2 rings (SSSR count). The van der Waals surface area contributed by atoms with Gasteiger partial charge in [0, 0.05) is 18.0 Å². The summed E-state index contributed by atoms with van der Waals surface area (Å²) in [5.74, 6) is 0.825. The lowest BCUT2D eigenvalue weighted by atomic mass is 10.2. The molecular formula is C8H9N5S. The maximum atomic E-state index is 4.86. The highest BCUT2D eigenvalue weighted by molar-refractivity contribution is 7.79. The van der Waals surface area contributed by atoms with Gasteiger partial charge in [-0.15, -0.1) is 0 Å². The Kier molecular flexibility index (Phi) is 2.36. The molecule has 1 aromatic heterocycles. The Bertz CT molecular complexity index is 363. The fourth-order valence-electron chi connectivity index (χ4n) is 1.24. The first-order valence-electron chi connectivity index (χ1n) is 4.11. The summed E-state index contributed by atoms with van der Waals surface area (Å²) in [6, 6.07) is 1.86. The topological polar surface area (TPSA) is 53.4 Å². The molecule has 0 saturated carbocycles. The number of hydrogen-bond donors (Lipinski definition) is 1. The number of rotatable bonds is 2. The molecule has 2 heterocycles. The van der Waals surface area contributed by atoms with E-state index in [0.717, 1.165) is 11.4 Å². The maximum Gasteiger partial charge on any atom is 0.159 e. The van der Waals surface area contributed by atoms with E-state index in [0.29, 0.717) is 0 Å². The zero-order chi connectivity index (χ0) is 9.97. The molecule has 1 N–H and O–H groups in total. The number of hydrogen-bond acceptors (Lipinski definition) is 6. The van der Waals surface area contributed by atoms with Gasteiger partial charge < -0.3 is 4.90 Å². The van der Waals surface area contributed by atoms with Crippen LogP contribution in [-0.4, -0.2) is 39.5 Å². The first kappa shape index (κ1) is 9.01. The summed E-state index contributed by atoms with van der Waals surface area (Å²) in [5, 5.41) is 13.3. The van der Waals surface area contributed by atoms with Gasteiger partial charge in [0.05, 0.1) is 12.4 Å². The standard InChI is InChI=1S/C8H9N5S/c1-13-7(5-14)11-12-8(13)6-2-3-9-10-4-6/h2-5,7,11H,1H3. The molecule has 1 aliphatic heterocycles. The summed E-state index contributed by atoms with van der Waals surface area (Å²) in [6.45, 7) is 0. The van der Waals surface area contributed by atoms with Gasteiger partial charge in [-0.1, -0.05) is 12.2 Å². The molecule has 0 saturated heterocycles. The van der Waals surface area contributed by atoms with Crippen molar-refractivity contribution in [1.82, 2.24) is 20.5 Å². The third kappa shape index (κ3) is 1.44. The molecule has 0 spiro atoms. The molecule has 0 aromatic carbocycles. The van der Waals surface area contributed by atoms with Gasteiger partial charge in [0.15, 0.2) is 5.84 Å². The van der Waals surface area contributed by atoms with Gasteiger partial charge in [0.25, 0.3) is 0 Å². The van der Waals surface area contributed by atoms with Gasteiger partial charge in [-0.25, -0.2) is 0 Å². The van der Waals surface area contributed by atoms with E-state index in [1.807, 2.05) is 18.0 Å². The number of thiocarbonyl (C=S) groups is 1. The van der Waals surface area contributed by atoms with E-state index < -0.39 is 0 Å². The predicted molar refractivity (Wildman–Crippen MR) is 56.9 cm³/mol. The van der Waals surface area contributed by atoms with Crippen LogP contribution in [0.3, 0.4) is 0 Å². The average Bonchev–Trinajstić information content (AvgIpc) is 2.61. The summed E-state index contributed by atoms with van der Waals surface area (Å²) in [4.78, 5) is 1.95. The van der Waals surface area contributed by atoms with Crippen LogP contribution in [0.5, 0.6) is 0 Å². The molecule has 5 nitrogen and oxygen atoms in total. The zero-order valence-electron chi connectivity index (χ0n) is 7.58. The Morgan fingerprint density at radius 2 is 2.43 bits per heavy atom. The summed E-state index contributed by atoms with van der Waals surface area (Å²) in [7, 11) is 1.92. The normalized spacial score (nSPS) is 20.2. The zero-order valence-corrected chi connectivity index (χ0v) is 8.40. The molecule has 14 heavy (non-hydrogen) atoms. The van der Waals surface area contributed by atoms with Gasteiger partial charge in [-0.2, -0.15) is 15.3 Å². The molecule has 72 valence electrons. The van der Waals surface area contributed by atoms with Crippen LogP contribution in [0.2, 0.25) is 0 Å². The van der Waals surface area contributed by atoms with Crippen LogP contribution in [0.4, 0.5) is 0 Å². The molecular weight excluding hydrogens is 198 g/mol. The fraction of sp³-hybridized carbons (Fsp3) is 0.250. The minimum Gasteiger partial charge on any atom is -0.332 e. The molecule has 1 aromatic rings. The molecule has 0 amide bonds. The largest absolute Gasteiger partial charge is 0.332 e. The predicted octanol–water partition coefficient (Wildman–Crippen LogP) is -0.001000. The van der Waals surface area contributed by atoms with E-state index in [2.05, 4.69) is 20.7 Å². The van der Waals surface area contributed by atoms with Crippen LogP contribution >= 0.6 is 12.2 Å². The number of amidine groups is 1. The minimum absolute atomic E-state index is 0.0202. The Morgan fingerprint density at radius 1 is 1.57 bits per heavy atom. The van der Waals surface area contributed by atoms with Crippen molar-refractivity contribution in [2.45, 2.75) is 6.17 Å². The van der Waals surface area contributed by atoms with Gasteiger partial charge in [0.2, 0.25) is 0 Å². The molecule has 0 fully saturated rings. The van der Waals surface area contributed by atoms with Crippen molar-refractivity contribution >= 4 is 23.4 Å². The number of aromatic nitrogens is 2. The number of hydrazone groups is 1. The number of nitrogens with one attached hydrogen (secondary N) is 1. The van der Waals surface area contributed by atoms with Crippen LogP contribution < -0.4 is 5.43 Å². The lowest BCUT2D eigenvalue weighted by Gasteiger charge is -2.18. The van der Waals surface area contributed by atoms with Crippen LogP contribution in [0.15, 0.2) is 23.6 Å². The Hall–Kier alpha value is -1.56. The van der Waals surface area contributed by atoms with Gasteiger partial charge >= 0.3 is 0 Å². The fourth-order valence-corrected chi connectivity index (χ4v) is 1.48. The van der Waals surface area contributed by atoms with Crippen molar-refractivity contribution in [2.24, 2.45) is 5.10 Å².